The lowest BCUT2D eigenvalue weighted by atomic mass is 10.5. The first-order chi connectivity index (χ1) is 5.74. The molecule has 1 atom stereocenters. The molecule has 0 saturated heterocycles. The van der Waals surface area contributed by atoms with Gasteiger partial charge in [0.25, 0.3) is 0 Å². The van der Waals surface area contributed by atoms with Crippen molar-refractivity contribution in [3.8, 4) is 0 Å². The Labute approximate surface area is 72.2 Å². The van der Waals surface area contributed by atoms with Crippen molar-refractivity contribution in [2.75, 3.05) is 6.61 Å². The lowest BCUT2D eigenvalue weighted by Crippen LogP contribution is -1.69. The number of carbonyl (C=O) groups excluding carboxylic acids is 2. The van der Waals surface area contributed by atoms with Crippen molar-refractivity contribution >= 4 is 21.3 Å². The summed E-state index contributed by atoms with van der Waals surface area (Å²) in [6.07, 6.45) is 2.38. The van der Waals surface area contributed by atoms with Crippen molar-refractivity contribution in [1.82, 2.24) is 0 Å². The van der Waals surface area contributed by atoms with Crippen LogP contribution in [0, 0.1) is 10.8 Å². The van der Waals surface area contributed by atoms with E-state index in [1.165, 1.54) is 0 Å². The van der Waals surface area contributed by atoms with Gasteiger partial charge < -0.3 is 9.67 Å². The molecule has 0 spiro atoms. The second-order valence-electron chi connectivity index (χ2n) is 0.928. The third-order valence-corrected chi connectivity index (χ3v) is 0.224. The number of nitrogens with one attached hydrogen (secondary N) is 2. The zero-order valence-electron chi connectivity index (χ0n) is 6.79. The first-order valence-electron chi connectivity index (χ1n) is 2.72. The lowest BCUT2D eigenvalue weighted by molar-refractivity contribution is 0.295. The van der Waals surface area contributed by atoms with E-state index in [9.17, 15) is 0 Å². The molecule has 1 unspecified atom stereocenters. The Bertz CT molecular complexity index is 105. The van der Waals surface area contributed by atoms with Crippen LogP contribution in [0.5, 0.6) is 0 Å². The maximum Gasteiger partial charge on any atom is 0.231 e. The quantitative estimate of drug-likeness (QED) is 0.313. The van der Waals surface area contributed by atoms with Gasteiger partial charge in [0.05, 0.1) is 9.12 Å². The van der Waals surface area contributed by atoms with Crippen LogP contribution in [0.15, 0.2) is 0 Å². The van der Waals surface area contributed by atoms with Crippen molar-refractivity contribution in [2.24, 2.45) is 0 Å². The van der Waals surface area contributed by atoms with E-state index in [1.54, 1.807) is 0 Å². The largest absolute Gasteiger partial charge is 0.396 e. The number of aliphatic hydroxyl groups is 1. The van der Waals surface area contributed by atoms with E-state index in [1.807, 2.05) is 6.92 Å². The summed E-state index contributed by atoms with van der Waals surface area (Å²) in [6.45, 7) is 2.25. The van der Waals surface area contributed by atoms with Gasteiger partial charge in [0.1, 0.15) is 0 Å². The predicted molar refractivity (Wildman–Crippen MR) is 46.0 cm³/mol. The maximum atomic E-state index is 8.35. The van der Waals surface area contributed by atoms with E-state index in [2.05, 4.69) is 0 Å². The zero-order valence-corrected chi connectivity index (χ0v) is 8.21. The summed E-state index contributed by atoms with van der Waals surface area (Å²) in [5.41, 5.74) is 0. The zero-order chi connectivity index (χ0) is 10.8. The number of isocyanates is 2. The highest BCUT2D eigenvalue weighted by molar-refractivity contribution is 7.00. The van der Waals surface area contributed by atoms with E-state index in [-0.39, 0.29) is 0 Å². The van der Waals surface area contributed by atoms with Gasteiger partial charge in [0.2, 0.25) is 12.2 Å². The van der Waals surface area contributed by atoms with Gasteiger partial charge in [0.15, 0.2) is 0 Å². The molecule has 0 heterocycles. The molecule has 3 N–H and O–H groups in total. The van der Waals surface area contributed by atoms with Gasteiger partial charge in [-0.3, -0.25) is 0 Å². The summed E-state index contributed by atoms with van der Waals surface area (Å²) in [4.78, 5) is 16.7. The summed E-state index contributed by atoms with van der Waals surface area (Å²) in [5.74, 6) is 0. The minimum atomic E-state index is 0.319. The highest BCUT2D eigenvalue weighted by Gasteiger charge is 1.57. The average molecular weight is 196 g/mol. The fraction of sp³-hybridized carbons (Fsp3) is 0.600. The van der Waals surface area contributed by atoms with E-state index in [4.69, 9.17) is 30.1 Å². The van der Waals surface area contributed by atoms with Crippen molar-refractivity contribution in [3.05, 3.63) is 0 Å². The molecule has 6 nitrogen and oxygen atoms in total. The van der Waals surface area contributed by atoms with Crippen LogP contribution in [0.25, 0.3) is 0 Å². The highest BCUT2D eigenvalue weighted by Crippen LogP contribution is 1.61. The molecule has 0 aromatic carbocycles. The molecule has 0 aromatic rings. The molecule has 0 aliphatic heterocycles. The molecule has 0 aliphatic rings. The summed E-state index contributed by atoms with van der Waals surface area (Å²) >= 11 is 0. The van der Waals surface area contributed by atoms with Gasteiger partial charge >= 0.3 is 0 Å². The summed E-state index contributed by atoms with van der Waals surface area (Å²) in [7, 11) is 0.611. The maximum absolute atomic E-state index is 8.35. The fourth-order valence-corrected chi connectivity index (χ4v) is 0. The first kappa shape index (κ1) is 22.4. The third kappa shape index (κ3) is 226000. The molecule has 72 valence electrons. The molecule has 7 heteroatoms. The Kier molecular flexibility index (Phi) is 171. The molecule has 0 amide bonds. The van der Waals surface area contributed by atoms with Crippen LogP contribution in [0.1, 0.15) is 13.3 Å². The normalized spacial score (nSPS) is 4.50. The molecule has 0 saturated carbocycles. The number of hydrogen-bond donors (Lipinski definition) is 3. The van der Waals surface area contributed by atoms with Gasteiger partial charge in [-0.15, -0.1) is 0 Å². The standard InChI is InChI=1S/C3H8O.2CHNO.H3OP/c1-2-3-4;2*2-1-3;1-2/h4H,2-3H2,1H3;2*2H;2H3. The van der Waals surface area contributed by atoms with Crippen molar-refractivity contribution in [3.63, 3.8) is 0 Å². The molecular weight excluding hydrogens is 183 g/mol. The molecule has 0 bridgehead atoms. The van der Waals surface area contributed by atoms with Gasteiger partial charge in [-0.25, -0.2) is 20.4 Å². The van der Waals surface area contributed by atoms with Crippen LogP contribution in [0.3, 0.4) is 0 Å². The molecule has 0 aromatic heterocycles. The first-order valence-corrected chi connectivity index (χ1v) is 3.30. The molecule has 12 heavy (non-hydrogen) atoms. The Morgan fingerprint density at radius 2 is 1.33 bits per heavy atom. The smallest absolute Gasteiger partial charge is 0.231 e. The Morgan fingerprint density at radius 3 is 1.33 bits per heavy atom. The Hall–Kier alpha value is -1.05. The minimum absolute atomic E-state index is 0.319. The van der Waals surface area contributed by atoms with Gasteiger partial charge in [-0.2, -0.15) is 0 Å². The van der Waals surface area contributed by atoms with Crippen LogP contribution >= 0.6 is 9.12 Å². The van der Waals surface area contributed by atoms with Gasteiger partial charge in [0, 0.05) is 6.61 Å². The fourth-order valence-electron chi connectivity index (χ4n) is 0. The van der Waals surface area contributed by atoms with Crippen LogP contribution in [0.4, 0.5) is 0 Å². The number of rotatable bonds is 1. The van der Waals surface area contributed by atoms with Gasteiger partial charge in [-0.05, 0) is 6.42 Å². The second kappa shape index (κ2) is 91.6. The Balaban J connectivity index is -0.0000000368. The third-order valence-electron chi connectivity index (χ3n) is 0.224. The highest BCUT2D eigenvalue weighted by atomic mass is 31.0. The summed E-state index contributed by atoms with van der Waals surface area (Å²) in [6, 6.07) is 0. The van der Waals surface area contributed by atoms with E-state index < -0.39 is 0 Å². The summed E-state index contributed by atoms with van der Waals surface area (Å²) in [5, 5.41) is 18.7. The molecule has 0 fully saturated rings. The van der Waals surface area contributed by atoms with Crippen LogP contribution in [-0.2, 0) is 14.2 Å². The van der Waals surface area contributed by atoms with Crippen molar-refractivity contribution in [1.29, 1.82) is 10.8 Å². The monoisotopic (exact) mass is 196 g/mol. The minimum Gasteiger partial charge on any atom is -0.396 e. The topological polar surface area (TPSA) is 119 Å². The van der Waals surface area contributed by atoms with Crippen molar-refractivity contribution in [2.45, 2.75) is 13.3 Å². The number of aliphatic hydroxyl groups excluding tert-OH is 1. The van der Waals surface area contributed by atoms with Crippen molar-refractivity contribution < 1.29 is 19.3 Å². The molecule has 0 aliphatic carbocycles. The SMILES string of the molecule is CCCO.N=C=O.N=C=O.O=[PH3]. The van der Waals surface area contributed by atoms with Crippen LogP contribution in [-0.4, -0.2) is 23.9 Å². The molecular formula is C5H13N2O4P. The lowest BCUT2D eigenvalue weighted by Gasteiger charge is -1.69. The van der Waals surface area contributed by atoms with E-state index >= 15 is 0 Å². The molecule has 0 rings (SSSR count). The predicted octanol–water partition coefficient (Wildman–Crippen LogP) is 0.130. The summed E-state index contributed by atoms with van der Waals surface area (Å²) < 4.78 is 8.28. The second-order valence-corrected chi connectivity index (χ2v) is 0.928. The van der Waals surface area contributed by atoms with E-state index in [0.29, 0.717) is 15.7 Å². The van der Waals surface area contributed by atoms with Gasteiger partial charge in [-0.1, -0.05) is 6.92 Å². The number of hydrogen-bond acceptors (Lipinski definition) is 6. The Morgan fingerprint density at radius 1 is 1.25 bits per heavy atom. The van der Waals surface area contributed by atoms with Crippen LogP contribution < -0.4 is 0 Å². The molecule has 0 radical (unpaired) electrons. The van der Waals surface area contributed by atoms with E-state index in [0.717, 1.165) is 18.6 Å². The van der Waals surface area contributed by atoms with Crippen LogP contribution in [0.2, 0.25) is 0 Å². The average Bonchev–Trinajstić information content (AvgIpc) is 2.10.